The van der Waals surface area contributed by atoms with Crippen LogP contribution in [-0.2, 0) is 4.79 Å². The highest BCUT2D eigenvalue weighted by Crippen LogP contribution is 2.18. The minimum absolute atomic E-state index is 0.428. The summed E-state index contributed by atoms with van der Waals surface area (Å²) in [4.78, 5) is 13.1. The van der Waals surface area contributed by atoms with Crippen LogP contribution in [0.4, 0.5) is 5.69 Å². The van der Waals surface area contributed by atoms with Crippen LogP contribution in [0.15, 0.2) is 24.3 Å². The Bertz CT molecular complexity index is 480. The first-order chi connectivity index (χ1) is 9.58. The Hall–Kier alpha value is -2.02. The topological polar surface area (TPSA) is 64.3 Å². The number of carboxylic acid groups (broad SMARTS) is 1. The summed E-state index contributed by atoms with van der Waals surface area (Å²) in [5, 5.41) is 18.0. The summed E-state index contributed by atoms with van der Waals surface area (Å²) < 4.78 is 0. The molecule has 0 saturated heterocycles. The Kier molecular flexibility index (Phi) is 6.58. The Morgan fingerprint density at radius 1 is 1.45 bits per heavy atom. The first-order valence-corrected chi connectivity index (χ1v) is 7.06. The molecule has 0 aliphatic rings. The third-order valence-corrected chi connectivity index (χ3v) is 3.29. The van der Waals surface area contributed by atoms with Gasteiger partial charge >= 0.3 is 5.97 Å². The molecule has 1 aromatic carbocycles. The van der Waals surface area contributed by atoms with Gasteiger partial charge in [-0.15, -0.1) is 0 Å². The third-order valence-electron chi connectivity index (χ3n) is 3.29. The van der Waals surface area contributed by atoms with E-state index in [9.17, 15) is 4.79 Å². The second-order valence-electron chi connectivity index (χ2n) is 5.05. The minimum atomic E-state index is -0.790. The first-order valence-electron chi connectivity index (χ1n) is 7.06. The van der Waals surface area contributed by atoms with Crippen LogP contribution in [0.1, 0.15) is 38.7 Å². The van der Waals surface area contributed by atoms with Crippen LogP contribution in [0, 0.1) is 17.2 Å². The molecule has 0 spiro atoms. The number of benzene rings is 1. The van der Waals surface area contributed by atoms with E-state index in [0.717, 1.165) is 31.5 Å². The van der Waals surface area contributed by atoms with Crippen molar-refractivity contribution in [3.8, 4) is 6.07 Å². The average molecular weight is 274 g/mol. The lowest BCUT2D eigenvalue weighted by atomic mass is 10.1. The Balaban J connectivity index is 2.84. The summed E-state index contributed by atoms with van der Waals surface area (Å²) in [6.07, 6.45) is 3.27. The highest BCUT2D eigenvalue weighted by molar-refractivity contribution is 5.70. The quantitative estimate of drug-likeness (QED) is 0.739. The van der Waals surface area contributed by atoms with E-state index in [1.54, 1.807) is 13.0 Å². The molecular formula is C16H22N2O2. The molecule has 108 valence electrons. The maximum absolute atomic E-state index is 11.0. The van der Waals surface area contributed by atoms with E-state index in [1.807, 2.05) is 18.2 Å². The summed E-state index contributed by atoms with van der Waals surface area (Å²) >= 11 is 0. The van der Waals surface area contributed by atoms with Crippen molar-refractivity contribution >= 4 is 11.7 Å². The molecule has 1 aromatic rings. The molecule has 0 radical (unpaired) electrons. The summed E-state index contributed by atoms with van der Waals surface area (Å²) in [5.74, 6) is -1.22. The maximum Gasteiger partial charge on any atom is 0.308 e. The van der Waals surface area contributed by atoms with Gasteiger partial charge in [0.1, 0.15) is 0 Å². The molecule has 0 amide bonds. The van der Waals surface area contributed by atoms with Crippen molar-refractivity contribution < 1.29 is 9.90 Å². The fraction of sp³-hybridized carbons (Fsp3) is 0.500. The van der Waals surface area contributed by atoms with Crippen LogP contribution in [0.3, 0.4) is 0 Å². The summed E-state index contributed by atoms with van der Waals surface area (Å²) in [6.45, 7) is 5.14. The van der Waals surface area contributed by atoms with Gasteiger partial charge in [0.2, 0.25) is 0 Å². The molecule has 1 unspecified atom stereocenters. The molecule has 20 heavy (non-hydrogen) atoms. The molecule has 4 heteroatoms. The zero-order chi connectivity index (χ0) is 15.0. The number of rotatable bonds is 8. The van der Waals surface area contributed by atoms with Crippen LogP contribution in [0.5, 0.6) is 0 Å². The maximum atomic E-state index is 11.0. The van der Waals surface area contributed by atoms with Gasteiger partial charge in [0.15, 0.2) is 0 Å². The molecule has 0 aliphatic heterocycles. The van der Waals surface area contributed by atoms with Gasteiger partial charge in [-0.25, -0.2) is 0 Å². The van der Waals surface area contributed by atoms with Crippen molar-refractivity contribution in [2.45, 2.75) is 33.1 Å². The Morgan fingerprint density at radius 2 is 2.20 bits per heavy atom. The molecule has 0 aliphatic carbocycles. The van der Waals surface area contributed by atoms with Crippen LogP contribution in [0.2, 0.25) is 0 Å². The van der Waals surface area contributed by atoms with E-state index in [-0.39, 0.29) is 0 Å². The molecule has 0 saturated carbocycles. The van der Waals surface area contributed by atoms with E-state index in [1.165, 1.54) is 0 Å². The number of unbranched alkanes of at least 4 members (excludes halogenated alkanes) is 2. The van der Waals surface area contributed by atoms with E-state index in [4.69, 9.17) is 10.4 Å². The number of anilines is 1. The Morgan fingerprint density at radius 3 is 2.80 bits per heavy atom. The zero-order valence-corrected chi connectivity index (χ0v) is 12.2. The van der Waals surface area contributed by atoms with E-state index < -0.39 is 11.9 Å². The molecule has 1 rings (SSSR count). The van der Waals surface area contributed by atoms with Gasteiger partial charge in [0, 0.05) is 18.8 Å². The normalized spacial score (nSPS) is 11.7. The fourth-order valence-electron chi connectivity index (χ4n) is 2.06. The number of nitriles is 1. The second-order valence-corrected chi connectivity index (χ2v) is 5.05. The molecule has 1 atom stereocenters. The minimum Gasteiger partial charge on any atom is -0.481 e. The van der Waals surface area contributed by atoms with E-state index in [2.05, 4.69) is 17.9 Å². The number of hydrogen-bond acceptors (Lipinski definition) is 3. The lowest BCUT2D eigenvalue weighted by molar-refractivity contribution is -0.140. The van der Waals surface area contributed by atoms with Crippen LogP contribution < -0.4 is 4.90 Å². The lowest BCUT2D eigenvalue weighted by Gasteiger charge is -2.26. The van der Waals surface area contributed by atoms with Gasteiger partial charge in [-0.2, -0.15) is 5.26 Å². The zero-order valence-electron chi connectivity index (χ0n) is 12.2. The standard InChI is InChI=1S/C16H22N2O2/c1-3-4-5-9-18(12-13(2)16(19)20)15-8-6-7-14(10-15)11-17/h6-8,10,13H,3-5,9,12H2,1-2H3,(H,19,20). The number of carbonyl (C=O) groups is 1. The van der Waals surface area contributed by atoms with Crippen molar-refractivity contribution in [2.75, 3.05) is 18.0 Å². The number of hydrogen-bond donors (Lipinski definition) is 1. The number of nitrogens with zero attached hydrogens (tertiary/aromatic N) is 2. The van der Waals surface area contributed by atoms with Gasteiger partial charge in [-0.05, 0) is 24.6 Å². The van der Waals surface area contributed by atoms with Gasteiger partial charge < -0.3 is 10.0 Å². The molecule has 1 N–H and O–H groups in total. The third kappa shape index (κ3) is 4.93. The molecular weight excluding hydrogens is 252 g/mol. The number of aliphatic carboxylic acids is 1. The summed E-state index contributed by atoms with van der Waals surface area (Å²) in [6, 6.07) is 9.47. The molecule has 0 bridgehead atoms. The second kappa shape index (κ2) is 8.21. The molecule has 0 aromatic heterocycles. The predicted molar refractivity (Wildman–Crippen MR) is 79.7 cm³/mol. The predicted octanol–water partition coefficient (Wildman–Crippen LogP) is 3.28. The van der Waals surface area contributed by atoms with Crippen LogP contribution in [0.25, 0.3) is 0 Å². The SMILES string of the molecule is CCCCCN(CC(C)C(=O)O)c1cccc(C#N)c1. The van der Waals surface area contributed by atoms with Gasteiger partial charge in [0.25, 0.3) is 0 Å². The first kappa shape index (κ1) is 16.0. The summed E-state index contributed by atoms with van der Waals surface area (Å²) in [7, 11) is 0. The van der Waals surface area contributed by atoms with Crippen LogP contribution in [-0.4, -0.2) is 24.2 Å². The fourth-order valence-corrected chi connectivity index (χ4v) is 2.06. The lowest BCUT2D eigenvalue weighted by Crippen LogP contribution is -2.32. The van der Waals surface area contributed by atoms with E-state index >= 15 is 0 Å². The molecule has 0 fully saturated rings. The Labute approximate surface area is 120 Å². The molecule has 0 heterocycles. The van der Waals surface area contributed by atoms with Crippen molar-refractivity contribution in [3.05, 3.63) is 29.8 Å². The van der Waals surface area contributed by atoms with Crippen LogP contribution >= 0.6 is 0 Å². The summed E-state index contributed by atoms with van der Waals surface area (Å²) in [5.41, 5.74) is 1.53. The average Bonchev–Trinajstić information content (AvgIpc) is 2.46. The number of carboxylic acids is 1. The highest BCUT2D eigenvalue weighted by atomic mass is 16.4. The smallest absolute Gasteiger partial charge is 0.308 e. The largest absolute Gasteiger partial charge is 0.481 e. The van der Waals surface area contributed by atoms with Crippen molar-refractivity contribution in [2.24, 2.45) is 5.92 Å². The van der Waals surface area contributed by atoms with Gasteiger partial charge in [0.05, 0.1) is 17.6 Å². The van der Waals surface area contributed by atoms with Crippen molar-refractivity contribution in [3.63, 3.8) is 0 Å². The van der Waals surface area contributed by atoms with Crippen molar-refractivity contribution in [1.29, 1.82) is 5.26 Å². The highest BCUT2D eigenvalue weighted by Gasteiger charge is 2.16. The van der Waals surface area contributed by atoms with Gasteiger partial charge in [-0.3, -0.25) is 4.79 Å². The molecule has 4 nitrogen and oxygen atoms in total. The monoisotopic (exact) mass is 274 g/mol. The van der Waals surface area contributed by atoms with Gasteiger partial charge in [-0.1, -0.05) is 32.8 Å². The van der Waals surface area contributed by atoms with E-state index in [0.29, 0.717) is 12.1 Å². The van der Waals surface area contributed by atoms with Crippen molar-refractivity contribution in [1.82, 2.24) is 0 Å².